The summed E-state index contributed by atoms with van der Waals surface area (Å²) in [5.41, 5.74) is 7.32. The highest BCUT2D eigenvalue weighted by molar-refractivity contribution is 5.33. The van der Waals surface area contributed by atoms with Crippen LogP contribution in [0.25, 0.3) is 0 Å². The number of pyridine rings is 1. The Morgan fingerprint density at radius 1 is 1.53 bits per heavy atom. The van der Waals surface area contributed by atoms with Gasteiger partial charge in [-0.2, -0.15) is 0 Å². The van der Waals surface area contributed by atoms with E-state index in [2.05, 4.69) is 30.2 Å². The van der Waals surface area contributed by atoms with E-state index in [9.17, 15) is 0 Å². The predicted octanol–water partition coefficient (Wildman–Crippen LogP) is 2.37. The van der Waals surface area contributed by atoms with E-state index in [0.29, 0.717) is 5.82 Å². The maximum Gasteiger partial charge on any atom is 0.123 e. The molecule has 0 radical (unpaired) electrons. The summed E-state index contributed by atoms with van der Waals surface area (Å²) in [4.78, 5) is 4.06. The summed E-state index contributed by atoms with van der Waals surface area (Å²) in [7, 11) is 0. The zero-order valence-electron chi connectivity index (χ0n) is 10.9. The van der Waals surface area contributed by atoms with Crippen molar-refractivity contribution in [3.8, 4) is 0 Å². The molecule has 3 heteroatoms. The molecule has 0 amide bonds. The normalized spacial score (nSPS) is 24.4. The molecule has 0 aliphatic carbocycles. The molecule has 1 aromatic rings. The van der Waals surface area contributed by atoms with Crippen molar-refractivity contribution < 1.29 is 0 Å². The van der Waals surface area contributed by atoms with Crippen molar-refractivity contribution >= 4 is 5.82 Å². The number of nitrogen functional groups attached to an aromatic ring is 1. The van der Waals surface area contributed by atoms with Crippen molar-refractivity contribution in [3.05, 3.63) is 23.9 Å². The highest BCUT2D eigenvalue weighted by Gasteiger charge is 2.33. The minimum absolute atomic E-state index is 0.280. The number of nitrogens with one attached hydrogen (secondary N) is 1. The fourth-order valence-corrected chi connectivity index (χ4v) is 3.04. The molecule has 0 saturated carbocycles. The van der Waals surface area contributed by atoms with Crippen LogP contribution < -0.4 is 11.1 Å². The monoisotopic (exact) mass is 233 g/mol. The van der Waals surface area contributed by atoms with Gasteiger partial charge in [0.1, 0.15) is 5.82 Å². The first-order valence-electron chi connectivity index (χ1n) is 6.55. The van der Waals surface area contributed by atoms with Crippen LogP contribution in [0.4, 0.5) is 5.82 Å². The summed E-state index contributed by atoms with van der Waals surface area (Å²) < 4.78 is 0. The second-order valence-electron chi connectivity index (χ2n) is 5.67. The van der Waals surface area contributed by atoms with Crippen LogP contribution >= 0.6 is 0 Å². The molecule has 0 aromatic carbocycles. The molecule has 1 aliphatic rings. The van der Waals surface area contributed by atoms with Gasteiger partial charge in [-0.15, -0.1) is 0 Å². The standard InChI is InChI=1S/C14H23N3/c1-11(2)9-14(5-3-6-17-14)10-12-4-7-16-13(15)8-12/h4,7-8,11,17H,3,5-6,9-10H2,1-2H3,(H2,15,16). The Kier molecular flexibility index (Phi) is 3.67. The van der Waals surface area contributed by atoms with E-state index >= 15 is 0 Å². The molecule has 1 saturated heterocycles. The molecule has 1 atom stereocenters. The van der Waals surface area contributed by atoms with Gasteiger partial charge in [-0.3, -0.25) is 0 Å². The smallest absolute Gasteiger partial charge is 0.123 e. The number of hydrogen-bond donors (Lipinski definition) is 2. The van der Waals surface area contributed by atoms with Crippen molar-refractivity contribution in [1.82, 2.24) is 10.3 Å². The predicted molar refractivity (Wildman–Crippen MR) is 71.8 cm³/mol. The molecule has 94 valence electrons. The third-order valence-electron chi connectivity index (χ3n) is 3.52. The molecule has 17 heavy (non-hydrogen) atoms. The number of nitrogens with two attached hydrogens (primary N) is 1. The molecule has 1 unspecified atom stereocenters. The first kappa shape index (κ1) is 12.4. The van der Waals surface area contributed by atoms with Crippen molar-refractivity contribution in [3.63, 3.8) is 0 Å². The third kappa shape index (κ3) is 3.19. The second kappa shape index (κ2) is 5.05. The summed E-state index contributed by atoms with van der Waals surface area (Å²) in [5, 5.41) is 3.71. The summed E-state index contributed by atoms with van der Waals surface area (Å²) in [6.07, 6.45) is 6.66. The summed E-state index contributed by atoms with van der Waals surface area (Å²) in [6, 6.07) is 4.08. The van der Waals surface area contributed by atoms with E-state index in [4.69, 9.17) is 5.73 Å². The van der Waals surface area contributed by atoms with Gasteiger partial charge in [0.2, 0.25) is 0 Å². The fourth-order valence-electron chi connectivity index (χ4n) is 3.04. The van der Waals surface area contributed by atoms with Gasteiger partial charge in [0.05, 0.1) is 0 Å². The largest absolute Gasteiger partial charge is 0.384 e. The van der Waals surface area contributed by atoms with Crippen LogP contribution in [0, 0.1) is 5.92 Å². The number of nitrogens with zero attached hydrogens (tertiary/aromatic N) is 1. The van der Waals surface area contributed by atoms with Gasteiger partial charge in [-0.1, -0.05) is 13.8 Å². The van der Waals surface area contributed by atoms with E-state index in [1.54, 1.807) is 0 Å². The van der Waals surface area contributed by atoms with Crippen LogP contribution in [0.2, 0.25) is 0 Å². The SMILES string of the molecule is CC(C)CC1(Cc2ccnc(N)c2)CCCN1. The molecule has 3 nitrogen and oxygen atoms in total. The van der Waals surface area contributed by atoms with Crippen LogP contribution in [-0.4, -0.2) is 17.1 Å². The molecule has 2 heterocycles. The number of rotatable bonds is 4. The Morgan fingerprint density at radius 2 is 2.35 bits per heavy atom. The maximum absolute atomic E-state index is 5.75. The quantitative estimate of drug-likeness (QED) is 0.839. The lowest BCUT2D eigenvalue weighted by molar-refractivity contribution is 0.301. The molecule has 1 fully saturated rings. The number of hydrogen-bond acceptors (Lipinski definition) is 3. The Labute approximate surface area is 104 Å². The highest BCUT2D eigenvalue weighted by atomic mass is 15.0. The fraction of sp³-hybridized carbons (Fsp3) is 0.643. The Balaban J connectivity index is 2.12. The highest BCUT2D eigenvalue weighted by Crippen LogP contribution is 2.30. The van der Waals surface area contributed by atoms with Crippen LogP contribution in [0.5, 0.6) is 0 Å². The lowest BCUT2D eigenvalue weighted by atomic mass is 9.82. The van der Waals surface area contributed by atoms with Gasteiger partial charge >= 0.3 is 0 Å². The Bertz CT molecular complexity index is 367. The summed E-state index contributed by atoms with van der Waals surface area (Å²) in [6.45, 7) is 5.73. The molecule has 1 aromatic heterocycles. The molecule has 2 rings (SSSR count). The lowest BCUT2D eigenvalue weighted by Gasteiger charge is -2.31. The van der Waals surface area contributed by atoms with Crippen molar-refractivity contribution in [2.45, 2.75) is 45.1 Å². The zero-order valence-corrected chi connectivity index (χ0v) is 10.9. The topological polar surface area (TPSA) is 50.9 Å². The van der Waals surface area contributed by atoms with E-state index < -0.39 is 0 Å². The average molecular weight is 233 g/mol. The van der Waals surface area contributed by atoms with E-state index in [0.717, 1.165) is 18.9 Å². The summed E-state index contributed by atoms with van der Waals surface area (Å²) >= 11 is 0. The minimum Gasteiger partial charge on any atom is -0.384 e. The molecule has 1 aliphatic heterocycles. The van der Waals surface area contributed by atoms with Gasteiger partial charge < -0.3 is 11.1 Å². The average Bonchev–Trinajstić information content (AvgIpc) is 2.65. The molecule has 0 bridgehead atoms. The van der Waals surface area contributed by atoms with Crippen LogP contribution in [0.1, 0.15) is 38.7 Å². The summed E-state index contributed by atoms with van der Waals surface area (Å²) in [5.74, 6) is 1.35. The first-order chi connectivity index (χ1) is 8.10. The minimum atomic E-state index is 0.280. The molecule has 0 spiro atoms. The van der Waals surface area contributed by atoms with Gasteiger partial charge in [0.25, 0.3) is 0 Å². The van der Waals surface area contributed by atoms with E-state index in [1.807, 2.05) is 12.3 Å². The van der Waals surface area contributed by atoms with Gasteiger partial charge in [-0.05, 0) is 55.8 Å². The molecule has 3 N–H and O–H groups in total. The van der Waals surface area contributed by atoms with Crippen LogP contribution in [-0.2, 0) is 6.42 Å². The Morgan fingerprint density at radius 3 is 2.94 bits per heavy atom. The lowest BCUT2D eigenvalue weighted by Crippen LogP contribution is -2.43. The third-order valence-corrected chi connectivity index (χ3v) is 3.52. The van der Waals surface area contributed by atoms with E-state index in [-0.39, 0.29) is 5.54 Å². The van der Waals surface area contributed by atoms with Gasteiger partial charge in [-0.25, -0.2) is 4.98 Å². The van der Waals surface area contributed by atoms with Gasteiger partial charge in [0, 0.05) is 11.7 Å². The number of aromatic nitrogens is 1. The van der Waals surface area contributed by atoms with Gasteiger partial charge in [0.15, 0.2) is 0 Å². The van der Waals surface area contributed by atoms with Crippen molar-refractivity contribution in [1.29, 1.82) is 0 Å². The zero-order chi connectivity index (χ0) is 12.3. The van der Waals surface area contributed by atoms with Crippen molar-refractivity contribution in [2.75, 3.05) is 12.3 Å². The maximum atomic E-state index is 5.75. The van der Waals surface area contributed by atoms with Crippen LogP contribution in [0.15, 0.2) is 18.3 Å². The van der Waals surface area contributed by atoms with Crippen molar-refractivity contribution in [2.24, 2.45) is 5.92 Å². The molecular weight excluding hydrogens is 210 g/mol. The Hall–Kier alpha value is -1.09. The number of anilines is 1. The van der Waals surface area contributed by atoms with Crippen LogP contribution in [0.3, 0.4) is 0 Å². The second-order valence-corrected chi connectivity index (χ2v) is 5.67. The first-order valence-corrected chi connectivity index (χ1v) is 6.55. The molecular formula is C14H23N3. The van der Waals surface area contributed by atoms with E-state index in [1.165, 1.54) is 24.8 Å².